The molecule has 0 saturated heterocycles. The van der Waals surface area contributed by atoms with E-state index < -0.39 is 0 Å². The maximum Gasteiger partial charge on any atom is 0.149 e. The summed E-state index contributed by atoms with van der Waals surface area (Å²) in [6.45, 7) is 2.20. The van der Waals surface area contributed by atoms with Crippen molar-refractivity contribution in [3.8, 4) is 0 Å². The molecule has 0 aromatic heterocycles. The molecular formula is C7H13NO. The molecule has 2 heteroatoms. The second kappa shape index (κ2) is 2.48. The summed E-state index contributed by atoms with van der Waals surface area (Å²) in [7, 11) is 0. The average molecular weight is 127 g/mol. The Morgan fingerprint density at radius 3 is 2.67 bits per heavy atom. The Bertz CT molecular complexity index is 118. The summed E-state index contributed by atoms with van der Waals surface area (Å²) in [5, 5.41) is 0. The number of carbonyl (C=O) groups excluding carboxylic acids is 1. The Hall–Kier alpha value is -0.370. The Morgan fingerprint density at radius 1 is 1.78 bits per heavy atom. The van der Waals surface area contributed by atoms with Crippen LogP contribution < -0.4 is 5.73 Å². The molecule has 2 N–H and O–H groups in total. The van der Waals surface area contributed by atoms with Crippen molar-refractivity contribution in [2.75, 3.05) is 6.54 Å². The molecule has 1 fully saturated rings. The molecule has 0 amide bonds. The van der Waals surface area contributed by atoms with Gasteiger partial charge in [-0.15, -0.1) is 0 Å². The first-order valence-corrected chi connectivity index (χ1v) is 3.48. The largest absolute Gasteiger partial charge is 0.324 e. The highest BCUT2D eigenvalue weighted by Gasteiger charge is 2.31. The number of carbonyl (C=O) groups is 1. The molecule has 1 unspecified atom stereocenters. The molecule has 2 nitrogen and oxygen atoms in total. The first-order chi connectivity index (χ1) is 4.25. The van der Waals surface area contributed by atoms with Gasteiger partial charge in [0.1, 0.15) is 5.78 Å². The van der Waals surface area contributed by atoms with Crippen molar-refractivity contribution < 1.29 is 4.79 Å². The molecule has 1 aliphatic carbocycles. The lowest BCUT2D eigenvalue weighted by atomic mass is 10.0. The topological polar surface area (TPSA) is 43.1 Å². The standard InChI is InChI=1S/C7H13NO/c1-5(6-2-3-6)7(9)4-8/h5-6H,2-4,8H2,1H3. The van der Waals surface area contributed by atoms with Crippen molar-refractivity contribution in [1.29, 1.82) is 0 Å². The molecule has 1 atom stereocenters. The van der Waals surface area contributed by atoms with Crippen LogP contribution in [-0.2, 0) is 4.79 Å². The minimum absolute atomic E-state index is 0.220. The Labute approximate surface area is 55.4 Å². The first kappa shape index (κ1) is 6.75. The van der Waals surface area contributed by atoms with Gasteiger partial charge in [0.15, 0.2) is 0 Å². The Balaban J connectivity index is 2.30. The third-order valence-electron chi connectivity index (χ3n) is 2.04. The van der Waals surface area contributed by atoms with Gasteiger partial charge in [0.2, 0.25) is 0 Å². The van der Waals surface area contributed by atoms with Crippen LogP contribution in [0.2, 0.25) is 0 Å². The van der Waals surface area contributed by atoms with E-state index in [1.807, 2.05) is 6.92 Å². The maximum atomic E-state index is 10.9. The molecule has 0 bridgehead atoms. The van der Waals surface area contributed by atoms with Gasteiger partial charge in [-0.05, 0) is 18.8 Å². The third kappa shape index (κ3) is 1.52. The summed E-state index contributed by atoms with van der Waals surface area (Å²) >= 11 is 0. The average Bonchev–Trinajstić information content (AvgIpc) is 2.66. The van der Waals surface area contributed by atoms with Crippen molar-refractivity contribution in [3.63, 3.8) is 0 Å². The molecule has 1 aliphatic rings. The molecule has 0 aliphatic heterocycles. The third-order valence-corrected chi connectivity index (χ3v) is 2.04. The first-order valence-electron chi connectivity index (χ1n) is 3.48. The number of rotatable bonds is 3. The second-order valence-electron chi connectivity index (χ2n) is 2.80. The van der Waals surface area contributed by atoms with E-state index >= 15 is 0 Å². The molecule has 52 valence electrons. The van der Waals surface area contributed by atoms with E-state index in [0.717, 1.165) is 0 Å². The van der Waals surface area contributed by atoms with E-state index in [2.05, 4.69) is 0 Å². The fraction of sp³-hybridized carbons (Fsp3) is 0.857. The second-order valence-corrected chi connectivity index (χ2v) is 2.80. The summed E-state index contributed by atoms with van der Waals surface area (Å²) < 4.78 is 0. The highest BCUT2D eigenvalue weighted by Crippen LogP contribution is 2.36. The Morgan fingerprint density at radius 2 is 2.33 bits per heavy atom. The van der Waals surface area contributed by atoms with Crippen LogP contribution >= 0.6 is 0 Å². The van der Waals surface area contributed by atoms with E-state index in [-0.39, 0.29) is 18.2 Å². The van der Waals surface area contributed by atoms with Crippen molar-refractivity contribution in [1.82, 2.24) is 0 Å². The van der Waals surface area contributed by atoms with E-state index in [1.54, 1.807) is 0 Å². The van der Waals surface area contributed by atoms with Crippen LogP contribution in [0.3, 0.4) is 0 Å². The van der Waals surface area contributed by atoms with Crippen LogP contribution in [0.15, 0.2) is 0 Å². The number of hydrogen-bond donors (Lipinski definition) is 1. The van der Waals surface area contributed by atoms with Gasteiger partial charge in [-0.25, -0.2) is 0 Å². The lowest BCUT2D eigenvalue weighted by Gasteiger charge is -2.04. The number of ketones is 1. The molecule has 1 saturated carbocycles. The lowest BCUT2D eigenvalue weighted by molar-refractivity contribution is -0.121. The quantitative estimate of drug-likeness (QED) is 0.602. The fourth-order valence-electron chi connectivity index (χ4n) is 1.05. The maximum absolute atomic E-state index is 10.9. The zero-order valence-corrected chi connectivity index (χ0v) is 5.76. The summed E-state index contributed by atoms with van der Waals surface area (Å²) in [5.41, 5.74) is 5.19. The van der Waals surface area contributed by atoms with Crippen molar-refractivity contribution in [3.05, 3.63) is 0 Å². The smallest absolute Gasteiger partial charge is 0.149 e. The monoisotopic (exact) mass is 127 g/mol. The minimum Gasteiger partial charge on any atom is -0.324 e. The fourth-order valence-corrected chi connectivity index (χ4v) is 1.05. The SMILES string of the molecule is CC(C(=O)CN)C1CC1. The predicted molar refractivity (Wildman–Crippen MR) is 35.9 cm³/mol. The van der Waals surface area contributed by atoms with E-state index in [0.29, 0.717) is 5.92 Å². The van der Waals surface area contributed by atoms with Crippen LogP contribution in [0.5, 0.6) is 0 Å². The molecule has 0 spiro atoms. The van der Waals surface area contributed by atoms with Crippen molar-refractivity contribution in [2.45, 2.75) is 19.8 Å². The van der Waals surface area contributed by atoms with Gasteiger partial charge in [-0.3, -0.25) is 4.79 Å². The lowest BCUT2D eigenvalue weighted by Crippen LogP contribution is -2.22. The predicted octanol–water partition coefficient (Wildman–Crippen LogP) is 0.560. The van der Waals surface area contributed by atoms with Crippen LogP contribution in [0, 0.1) is 11.8 Å². The van der Waals surface area contributed by atoms with Crippen LogP contribution in [-0.4, -0.2) is 12.3 Å². The number of nitrogens with two attached hydrogens (primary N) is 1. The molecule has 0 heterocycles. The molecule has 0 aromatic carbocycles. The summed E-state index contributed by atoms with van der Waals surface area (Å²) in [4.78, 5) is 10.9. The summed E-state index contributed by atoms with van der Waals surface area (Å²) in [5.74, 6) is 1.12. The summed E-state index contributed by atoms with van der Waals surface area (Å²) in [6, 6.07) is 0. The van der Waals surface area contributed by atoms with Gasteiger partial charge < -0.3 is 5.73 Å². The van der Waals surface area contributed by atoms with Gasteiger partial charge in [-0.1, -0.05) is 6.92 Å². The number of Topliss-reactive ketones (excluding diaryl/α,β-unsaturated/α-hetero) is 1. The van der Waals surface area contributed by atoms with Crippen LogP contribution in [0.1, 0.15) is 19.8 Å². The van der Waals surface area contributed by atoms with Gasteiger partial charge in [0, 0.05) is 5.92 Å². The van der Waals surface area contributed by atoms with Gasteiger partial charge in [0.25, 0.3) is 0 Å². The zero-order chi connectivity index (χ0) is 6.85. The zero-order valence-electron chi connectivity index (χ0n) is 5.76. The molecule has 9 heavy (non-hydrogen) atoms. The van der Waals surface area contributed by atoms with E-state index in [9.17, 15) is 4.79 Å². The van der Waals surface area contributed by atoms with Gasteiger partial charge >= 0.3 is 0 Å². The Kier molecular flexibility index (Phi) is 1.86. The minimum atomic E-state index is 0.220. The summed E-state index contributed by atoms with van der Waals surface area (Å²) in [6.07, 6.45) is 2.46. The molecule has 0 aromatic rings. The van der Waals surface area contributed by atoms with E-state index in [4.69, 9.17) is 5.73 Å². The molecule has 0 radical (unpaired) electrons. The van der Waals surface area contributed by atoms with Crippen molar-refractivity contribution >= 4 is 5.78 Å². The molecular weight excluding hydrogens is 114 g/mol. The van der Waals surface area contributed by atoms with Crippen molar-refractivity contribution in [2.24, 2.45) is 17.6 Å². The van der Waals surface area contributed by atoms with E-state index in [1.165, 1.54) is 12.8 Å². The number of hydrogen-bond acceptors (Lipinski definition) is 2. The van der Waals surface area contributed by atoms with Gasteiger partial charge in [0.05, 0.1) is 6.54 Å². The highest BCUT2D eigenvalue weighted by atomic mass is 16.1. The highest BCUT2D eigenvalue weighted by molar-refractivity contribution is 5.82. The van der Waals surface area contributed by atoms with Crippen LogP contribution in [0.4, 0.5) is 0 Å². The molecule has 1 rings (SSSR count). The normalized spacial score (nSPS) is 21.6. The van der Waals surface area contributed by atoms with Gasteiger partial charge in [-0.2, -0.15) is 0 Å². The van der Waals surface area contributed by atoms with Crippen LogP contribution in [0.25, 0.3) is 0 Å².